The van der Waals surface area contributed by atoms with Crippen molar-refractivity contribution in [3.05, 3.63) is 102 Å². The molecule has 3 aromatic carbocycles. The Balaban J connectivity index is 1.81. The molecular weight excluding hydrogens is 662 g/mol. The Morgan fingerprint density at radius 2 is 1.82 bits per heavy atom. The van der Waals surface area contributed by atoms with E-state index >= 15 is 13.2 Å². The summed E-state index contributed by atoms with van der Waals surface area (Å²) < 4.78 is 44.7. The minimum absolute atomic E-state index is 0.0605. The first-order valence-corrected chi connectivity index (χ1v) is 17.3. The maximum absolute atomic E-state index is 16.1. The van der Waals surface area contributed by atoms with Gasteiger partial charge in [0, 0.05) is 36.0 Å². The van der Waals surface area contributed by atoms with E-state index in [1.165, 1.54) is 37.4 Å². The number of hydrogen-bond donors (Lipinski definition) is 1. The van der Waals surface area contributed by atoms with Crippen molar-refractivity contribution in [3.63, 3.8) is 0 Å². The number of aryl methyl sites for hydroxylation is 1. The second kappa shape index (κ2) is 13.0. The average molecular weight is 698 g/mol. The third-order valence-corrected chi connectivity index (χ3v) is 11.6. The summed E-state index contributed by atoms with van der Waals surface area (Å²) in [6.07, 6.45) is -0.738. The van der Waals surface area contributed by atoms with Gasteiger partial charge in [-0.25, -0.2) is 9.78 Å². The topological polar surface area (TPSA) is 171 Å². The highest BCUT2D eigenvalue weighted by Gasteiger charge is 2.73. The van der Waals surface area contributed by atoms with E-state index in [4.69, 9.17) is 14.2 Å². The minimum atomic E-state index is -5.32. The van der Waals surface area contributed by atoms with Crippen molar-refractivity contribution in [1.29, 1.82) is 5.26 Å². The number of anilines is 2. The number of carbonyl (C=O) groups excluding carboxylic acids is 2. The lowest BCUT2D eigenvalue weighted by Gasteiger charge is -2.55. The zero-order valence-corrected chi connectivity index (χ0v) is 28.6. The Labute approximate surface area is 289 Å². The average Bonchev–Trinajstić information content (AvgIpc) is 3.56. The van der Waals surface area contributed by atoms with Gasteiger partial charge in [0.1, 0.15) is 29.6 Å². The van der Waals surface area contributed by atoms with E-state index in [-0.39, 0.29) is 41.8 Å². The number of pyridine rings is 1. The predicted molar refractivity (Wildman–Crippen MR) is 180 cm³/mol. The maximum atomic E-state index is 16.1. The molecule has 3 heterocycles. The molecular formula is C36H35N5O8S. The molecule has 2 aliphatic rings. The Kier molecular flexibility index (Phi) is 8.89. The smallest absolute Gasteiger partial charge is 0.366 e. The van der Waals surface area contributed by atoms with E-state index in [2.05, 4.69) is 16.4 Å². The van der Waals surface area contributed by atoms with Gasteiger partial charge in [0.15, 0.2) is 16.5 Å². The predicted octanol–water partition coefficient (Wildman–Crippen LogP) is 3.70. The molecule has 1 aromatic heterocycles. The molecule has 258 valence electrons. The first-order valence-electron chi connectivity index (χ1n) is 15.8. The molecule has 0 saturated carbocycles. The van der Waals surface area contributed by atoms with E-state index in [0.717, 1.165) is 6.07 Å². The molecule has 0 aliphatic carbocycles. The third-order valence-electron chi connectivity index (χ3n) is 9.42. The van der Waals surface area contributed by atoms with Gasteiger partial charge in [-0.15, -0.1) is 0 Å². The lowest BCUT2D eigenvalue weighted by molar-refractivity contribution is -0.693. The standard InChI is InChI=1S/C36H35N5O8S/c1-5-49-30-15-9-7-13-27(30)36(28-21-39-29-14-8-6-12-26(28)29)34(42)41(35(43)44,22-24(20-37)40(36)33-23(2)11-10-18-38-33)50(45,46)32-17-16-25(47-3)19-31(32)48-4/h6-19,24,28,39H,5,21-22H2,1-4H3. The first kappa shape index (κ1) is 34.2. The van der Waals surface area contributed by atoms with Crippen LogP contribution >= 0.6 is 0 Å². The molecule has 50 heavy (non-hydrogen) atoms. The molecule has 4 aromatic rings. The number of benzene rings is 3. The van der Waals surface area contributed by atoms with Crippen molar-refractivity contribution >= 4 is 33.5 Å². The number of nitriles is 1. The van der Waals surface area contributed by atoms with Crippen LogP contribution in [0.15, 0.2) is 90.0 Å². The highest BCUT2D eigenvalue weighted by atomic mass is 32.2. The second-order valence-electron chi connectivity index (χ2n) is 11.9. The van der Waals surface area contributed by atoms with Crippen LogP contribution in [0.5, 0.6) is 17.2 Å². The van der Waals surface area contributed by atoms with Crippen molar-refractivity contribution < 1.29 is 41.2 Å². The van der Waals surface area contributed by atoms with Crippen LogP contribution in [0.3, 0.4) is 0 Å². The molecule has 4 atom stereocenters. The molecule has 0 spiro atoms. The van der Waals surface area contributed by atoms with Gasteiger partial charge < -0.3 is 34.3 Å². The van der Waals surface area contributed by atoms with Crippen LogP contribution < -0.4 is 29.5 Å². The SMILES string of the molecule is CCOc1ccccc1C1(C2CNc3ccccc32)C(=O)[N+](C(=O)[O-])(S(=O)(=O)c2ccc(OC)cc2OC)CC(C#N)N1c1ncccc1C. The summed E-state index contributed by atoms with van der Waals surface area (Å²) in [6.45, 7) is 2.68. The number of hydrogen-bond acceptors (Lipinski definition) is 12. The number of ether oxygens (including phenoxy) is 3. The van der Waals surface area contributed by atoms with E-state index in [1.807, 2.05) is 6.07 Å². The van der Waals surface area contributed by atoms with Crippen LogP contribution in [-0.2, 0) is 20.4 Å². The van der Waals surface area contributed by atoms with Crippen LogP contribution in [-0.4, -0.2) is 69.2 Å². The molecule has 4 unspecified atom stereocenters. The zero-order valence-electron chi connectivity index (χ0n) is 27.8. The van der Waals surface area contributed by atoms with E-state index in [0.29, 0.717) is 16.8 Å². The van der Waals surface area contributed by atoms with Crippen LogP contribution in [0.2, 0.25) is 0 Å². The van der Waals surface area contributed by atoms with Crippen LogP contribution in [0.25, 0.3) is 0 Å². The number of sulfonamides is 1. The number of rotatable bonds is 9. The summed E-state index contributed by atoms with van der Waals surface area (Å²) in [4.78, 5) is 35.4. The second-order valence-corrected chi connectivity index (χ2v) is 13.9. The number of carboxylic acid groups (broad SMARTS) is 1. The monoisotopic (exact) mass is 697 g/mol. The number of para-hydroxylation sites is 2. The number of quaternary nitrogens is 1. The molecule has 1 fully saturated rings. The molecule has 0 radical (unpaired) electrons. The van der Waals surface area contributed by atoms with Crippen molar-refractivity contribution in [1.82, 2.24) is 4.98 Å². The number of nitrogens with zero attached hydrogens (tertiary/aromatic N) is 4. The van der Waals surface area contributed by atoms with E-state index in [1.54, 1.807) is 68.4 Å². The number of nitrogens with one attached hydrogen (secondary N) is 1. The number of methoxy groups -OCH3 is 2. The van der Waals surface area contributed by atoms with Gasteiger partial charge in [-0.3, -0.25) is 0 Å². The Bertz CT molecular complexity index is 2140. The summed E-state index contributed by atoms with van der Waals surface area (Å²) in [5.41, 5.74) is -0.287. The Morgan fingerprint density at radius 3 is 2.50 bits per heavy atom. The summed E-state index contributed by atoms with van der Waals surface area (Å²) in [6, 6.07) is 21.4. The van der Waals surface area contributed by atoms with Crippen molar-refractivity contribution in [2.75, 3.05) is 44.1 Å². The minimum Gasteiger partial charge on any atom is -0.497 e. The highest BCUT2D eigenvalue weighted by molar-refractivity contribution is 7.86. The molecule has 14 heteroatoms. The van der Waals surface area contributed by atoms with Crippen LogP contribution in [0, 0.1) is 18.3 Å². The molecule has 13 nitrogen and oxygen atoms in total. The normalized spacial score (nSPS) is 22.9. The summed E-state index contributed by atoms with van der Waals surface area (Å²) in [5, 5.41) is 28.1. The molecule has 2 aliphatic heterocycles. The third kappa shape index (κ3) is 4.84. The number of amides is 2. The van der Waals surface area contributed by atoms with Gasteiger partial charge in [0.25, 0.3) is 6.09 Å². The number of carbonyl (C=O) groups is 2. The lowest BCUT2D eigenvalue weighted by atomic mass is 9.70. The Morgan fingerprint density at radius 1 is 1.08 bits per heavy atom. The number of fused-ring (bicyclic) bond motifs is 1. The maximum Gasteiger partial charge on any atom is 0.366 e. The Hall–Kier alpha value is -5.65. The fraction of sp³-hybridized carbons (Fsp3) is 0.278. The lowest BCUT2D eigenvalue weighted by Crippen LogP contribution is -2.81. The quantitative estimate of drug-likeness (QED) is 0.252. The first-order chi connectivity index (χ1) is 24.0. The molecule has 2 amide bonds. The highest BCUT2D eigenvalue weighted by Crippen LogP contribution is 2.57. The van der Waals surface area contributed by atoms with Crippen molar-refractivity contribution in [2.45, 2.75) is 36.2 Å². The van der Waals surface area contributed by atoms with Gasteiger partial charge >= 0.3 is 15.9 Å². The van der Waals surface area contributed by atoms with Gasteiger partial charge in [-0.2, -0.15) is 13.7 Å². The number of piperazine rings is 1. The van der Waals surface area contributed by atoms with E-state index < -0.39 is 54.9 Å². The number of imide groups is 1. The van der Waals surface area contributed by atoms with Gasteiger partial charge in [-0.1, -0.05) is 46.4 Å². The fourth-order valence-corrected chi connectivity index (χ4v) is 9.13. The summed E-state index contributed by atoms with van der Waals surface area (Å²) in [7, 11) is -2.74. The van der Waals surface area contributed by atoms with Crippen LogP contribution in [0.1, 0.15) is 29.5 Å². The molecule has 1 N–H and O–H groups in total. The van der Waals surface area contributed by atoms with Gasteiger partial charge in [0.2, 0.25) is 0 Å². The van der Waals surface area contributed by atoms with Crippen molar-refractivity contribution in [3.8, 4) is 23.3 Å². The van der Waals surface area contributed by atoms with E-state index in [9.17, 15) is 15.2 Å². The summed E-state index contributed by atoms with van der Waals surface area (Å²) >= 11 is 0. The molecule has 1 saturated heterocycles. The van der Waals surface area contributed by atoms with Crippen LogP contribution in [0.4, 0.5) is 16.3 Å². The molecule has 6 rings (SSSR count). The van der Waals surface area contributed by atoms with Crippen molar-refractivity contribution in [2.24, 2.45) is 0 Å². The number of aromatic nitrogens is 1. The molecule has 0 bridgehead atoms. The van der Waals surface area contributed by atoms with Gasteiger partial charge in [-0.05, 0) is 55.3 Å². The summed E-state index contributed by atoms with van der Waals surface area (Å²) in [5.74, 6) is -1.91. The zero-order chi connectivity index (χ0) is 35.8. The fourth-order valence-electron chi connectivity index (χ4n) is 7.26. The largest absolute Gasteiger partial charge is 0.497 e. The van der Waals surface area contributed by atoms with Gasteiger partial charge in [0.05, 0.1) is 26.9 Å².